The SMILES string of the molecule is CNCc1cc(S(=O)(=O)NCc2cscn2)c(C)o1. The molecular weight excluding hydrogens is 286 g/mol. The number of furan rings is 1. The molecule has 0 saturated heterocycles. The maximum atomic E-state index is 12.1. The Morgan fingerprint density at radius 1 is 1.42 bits per heavy atom. The van der Waals surface area contributed by atoms with E-state index in [0.717, 1.165) is 0 Å². The highest BCUT2D eigenvalue weighted by atomic mass is 32.2. The van der Waals surface area contributed by atoms with Gasteiger partial charge >= 0.3 is 0 Å². The van der Waals surface area contributed by atoms with Crippen molar-refractivity contribution in [3.8, 4) is 0 Å². The molecule has 104 valence electrons. The maximum absolute atomic E-state index is 12.1. The lowest BCUT2D eigenvalue weighted by molar-refractivity contribution is 0.465. The van der Waals surface area contributed by atoms with Crippen molar-refractivity contribution < 1.29 is 12.8 Å². The number of thiazole rings is 1. The van der Waals surface area contributed by atoms with Crippen molar-refractivity contribution in [1.82, 2.24) is 15.0 Å². The molecule has 0 aliphatic carbocycles. The van der Waals surface area contributed by atoms with E-state index < -0.39 is 10.0 Å². The van der Waals surface area contributed by atoms with Gasteiger partial charge in [0.1, 0.15) is 16.4 Å². The molecule has 0 unspecified atom stereocenters. The van der Waals surface area contributed by atoms with Crippen LogP contribution in [0.15, 0.2) is 26.3 Å². The van der Waals surface area contributed by atoms with Crippen LogP contribution in [0.4, 0.5) is 0 Å². The van der Waals surface area contributed by atoms with Gasteiger partial charge in [-0.2, -0.15) is 0 Å². The summed E-state index contributed by atoms with van der Waals surface area (Å²) in [7, 11) is -1.80. The Hall–Kier alpha value is -1.22. The number of nitrogens with zero attached hydrogens (tertiary/aromatic N) is 1. The third-order valence-electron chi connectivity index (χ3n) is 2.49. The zero-order valence-corrected chi connectivity index (χ0v) is 12.3. The Labute approximate surface area is 115 Å². The van der Waals surface area contributed by atoms with Gasteiger partial charge in [0.05, 0.1) is 24.3 Å². The van der Waals surface area contributed by atoms with E-state index in [0.29, 0.717) is 23.8 Å². The first-order chi connectivity index (χ1) is 9.03. The molecule has 6 nitrogen and oxygen atoms in total. The number of sulfonamides is 1. The number of hydrogen-bond acceptors (Lipinski definition) is 6. The van der Waals surface area contributed by atoms with Crippen molar-refractivity contribution in [2.45, 2.75) is 24.9 Å². The molecule has 2 rings (SSSR count). The summed E-state index contributed by atoms with van der Waals surface area (Å²) >= 11 is 1.43. The van der Waals surface area contributed by atoms with E-state index in [9.17, 15) is 8.42 Å². The predicted molar refractivity (Wildman–Crippen MR) is 72.3 cm³/mol. The Kier molecular flexibility index (Phi) is 4.35. The van der Waals surface area contributed by atoms with Crippen LogP contribution in [0.3, 0.4) is 0 Å². The standard InChI is InChI=1S/C11H15N3O3S2/c1-8-11(3-10(17-8)5-12-2)19(15,16)14-4-9-6-18-7-13-9/h3,6-7,12,14H,4-5H2,1-2H3. The van der Waals surface area contributed by atoms with Crippen molar-refractivity contribution >= 4 is 21.4 Å². The fourth-order valence-electron chi connectivity index (χ4n) is 1.62. The fraction of sp³-hybridized carbons (Fsp3) is 0.364. The van der Waals surface area contributed by atoms with Gasteiger partial charge in [0.15, 0.2) is 0 Å². The molecule has 2 heterocycles. The molecule has 2 N–H and O–H groups in total. The highest BCUT2D eigenvalue weighted by Gasteiger charge is 2.21. The van der Waals surface area contributed by atoms with Crippen molar-refractivity contribution in [2.24, 2.45) is 0 Å². The molecule has 0 aliphatic heterocycles. The molecular formula is C11H15N3O3S2. The first kappa shape index (κ1) is 14.2. The van der Waals surface area contributed by atoms with Gasteiger partial charge in [0.25, 0.3) is 0 Å². The van der Waals surface area contributed by atoms with Gasteiger partial charge in [-0.3, -0.25) is 0 Å². The molecule has 0 saturated carbocycles. The molecule has 0 aliphatic rings. The topological polar surface area (TPSA) is 84.2 Å². The molecule has 2 aromatic heterocycles. The van der Waals surface area contributed by atoms with Gasteiger partial charge in [-0.15, -0.1) is 11.3 Å². The summed E-state index contributed by atoms with van der Waals surface area (Å²) in [5.41, 5.74) is 2.36. The number of nitrogens with one attached hydrogen (secondary N) is 2. The molecule has 2 aromatic rings. The average molecular weight is 301 g/mol. The summed E-state index contributed by atoms with van der Waals surface area (Å²) in [6.07, 6.45) is 0. The summed E-state index contributed by atoms with van der Waals surface area (Å²) < 4.78 is 32.2. The number of aromatic nitrogens is 1. The van der Waals surface area contributed by atoms with Crippen molar-refractivity contribution in [3.05, 3.63) is 34.2 Å². The minimum atomic E-state index is -3.57. The summed E-state index contributed by atoms with van der Waals surface area (Å²) in [4.78, 5) is 4.20. The van der Waals surface area contributed by atoms with Gasteiger partial charge in [-0.05, 0) is 14.0 Å². The first-order valence-electron chi connectivity index (χ1n) is 5.63. The van der Waals surface area contributed by atoms with Crippen molar-refractivity contribution in [3.63, 3.8) is 0 Å². The second-order valence-corrected chi connectivity index (χ2v) is 6.42. The van der Waals surface area contributed by atoms with E-state index >= 15 is 0 Å². The lowest BCUT2D eigenvalue weighted by atomic mass is 10.4. The molecule has 19 heavy (non-hydrogen) atoms. The Morgan fingerprint density at radius 2 is 2.21 bits per heavy atom. The largest absolute Gasteiger partial charge is 0.464 e. The Bertz CT molecular complexity index is 632. The highest BCUT2D eigenvalue weighted by Crippen LogP contribution is 2.20. The van der Waals surface area contributed by atoms with Gasteiger partial charge in [0, 0.05) is 11.4 Å². The van der Waals surface area contributed by atoms with Crippen LogP contribution in [0.2, 0.25) is 0 Å². The summed E-state index contributed by atoms with van der Waals surface area (Å²) in [5, 5.41) is 4.72. The van der Waals surface area contributed by atoms with E-state index in [4.69, 9.17) is 4.42 Å². The average Bonchev–Trinajstić information content (AvgIpc) is 2.97. The summed E-state index contributed by atoms with van der Waals surface area (Å²) in [5.74, 6) is 0.977. The van der Waals surface area contributed by atoms with Gasteiger partial charge in [-0.1, -0.05) is 0 Å². The lowest BCUT2D eigenvalue weighted by Gasteiger charge is -2.03. The van der Waals surface area contributed by atoms with E-state index in [1.54, 1.807) is 24.9 Å². The van der Waals surface area contributed by atoms with Crippen LogP contribution in [-0.4, -0.2) is 20.4 Å². The van der Waals surface area contributed by atoms with E-state index in [1.807, 2.05) is 0 Å². The van der Waals surface area contributed by atoms with Crippen LogP contribution >= 0.6 is 11.3 Å². The zero-order chi connectivity index (χ0) is 13.9. The zero-order valence-electron chi connectivity index (χ0n) is 10.6. The van der Waals surface area contributed by atoms with Crippen LogP contribution in [0.25, 0.3) is 0 Å². The quantitative estimate of drug-likeness (QED) is 0.838. The third kappa shape index (κ3) is 3.41. The molecule has 0 bridgehead atoms. The normalized spacial score (nSPS) is 11.9. The second-order valence-electron chi connectivity index (χ2n) is 3.97. The van der Waals surface area contributed by atoms with Gasteiger partial charge in [0.2, 0.25) is 10.0 Å². The molecule has 0 amide bonds. The van der Waals surface area contributed by atoms with Crippen LogP contribution in [0.1, 0.15) is 17.2 Å². The predicted octanol–water partition coefficient (Wildman–Crippen LogP) is 1.24. The minimum absolute atomic E-state index is 0.174. The van der Waals surface area contributed by atoms with Crippen LogP contribution in [0, 0.1) is 6.92 Å². The molecule has 8 heteroatoms. The summed E-state index contributed by atoms with van der Waals surface area (Å²) in [6.45, 7) is 2.30. The smallest absolute Gasteiger partial charge is 0.244 e. The van der Waals surface area contributed by atoms with Crippen LogP contribution in [0.5, 0.6) is 0 Å². The van der Waals surface area contributed by atoms with Crippen molar-refractivity contribution in [1.29, 1.82) is 0 Å². The number of aryl methyl sites for hydroxylation is 1. The Balaban J connectivity index is 2.14. The molecule has 0 spiro atoms. The fourth-order valence-corrected chi connectivity index (χ4v) is 3.38. The van der Waals surface area contributed by atoms with E-state index in [2.05, 4.69) is 15.0 Å². The van der Waals surface area contributed by atoms with Crippen molar-refractivity contribution in [2.75, 3.05) is 7.05 Å². The molecule has 0 atom stereocenters. The third-order valence-corrected chi connectivity index (χ3v) is 4.63. The van der Waals surface area contributed by atoms with E-state index in [1.165, 1.54) is 17.4 Å². The molecule has 0 radical (unpaired) electrons. The minimum Gasteiger partial charge on any atom is -0.464 e. The summed E-state index contributed by atoms with van der Waals surface area (Å²) in [6, 6.07) is 1.54. The molecule has 0 fully saturated rings. The van der Waals surface area contributed by atoms with Crippen LogP contribution < -0.4 is 10.0 Å². The highest BCUT2D eigenvalue weighted by molar-refractivity contribution is 7.89. The number of hydrogen-bond donors (Lipinski definition) is 2. The second kappa shape index (κ2) is 5.83. The molecule has 0 aromatic carbocycles. The first-order valence-corrected chi connectivity index (χ1v) is 8.06. The Morgan fingerprint density at radius 3 is 2.84 bits per heavy atom. The number of rotatable bonds is 6. The monoisotopic (exact) mass is 301 g/mol. The van der Waals surface area contributed by atoms with Gasteiger partial charge < -0.3 is 9.73 Å². The van der Waals surface area contributed by atoms with E-state index in [-0.39, 0.29) is 11.4 Å². The van der Waals surface area contributed by atoms with Gasteiger partial charge in [-0.25, -0.2) is 18.1 Å². The lowest BCUT2D eigenvalue weighted by Crippen LogP contribution is -2.23. The maximum Gasteiger partial charge on any atom is 0.244 e. The van der Waals surface area contributed by atoms with Crippen LogP contribution in [-0.2, 0) is 23.1 Å².